The molecule has 0 heterocycles. The van der Waals surface area contributed by atoms with E-state index >= 15 is 0 Å². The molecule has 42 heavy (non-hydrogen) atoms. The van der Waals surface area contributed by atoms with E-state index in [4.69, 9.17) is 0 Å². The summed E-state index contributed by atoms with van der Waals surface area (Å²) in [7, 11) is 0. The molecule has 4 aromatic carbocycles. The van der Waals surface area contributed by atoms with Gasteiger partial charge in [0.15, 0.2) is 0 Å². The molecule has 0 fully saturated rings. The van der Waals surface area contributed by atoms with E-state index in [-0.39, 0.29) is 11.0 Å². The monoisotopic (exact) mass is 574 g/mol. The van der Waals surface area contributed by atoms with Gasteiger partial charge in [-0.3, -0.25) is 0 Å². The van der Waals surface area contributed by atoms with E-state index in [0.717, 1.165) is 12.3 Å². The van der Waals surface area contributed by atoms with E-state index in [9.17, 15) is 0 Å². The lowest BCUT2D eigenvalue weighted by atomic mass is 9.88. The summed E-state index contributed by atoms with van der Waals surface area (Å²) in [5.74, 6) is 0.800. The molecule has 0 bridgehead atoms. The summed E-state index contributed by atoms with van der Waals surface area (Å²) < 4.78 is 0. The molecule has 1 atom stereocenters. The molecule has 1 aliphatic carbocycles. The lowest BCUT2D eigenvalue weighted by Crippen LogP contribution is -1.99. The average Bonchev–Trinajstić information content (AvgIpc) is 3.42. The van der Waals surface area contributed by atoms with E-state index < -0.39 is 0 Å². The first kappa shape index (κ1) is 35.3. The second-order valence-electron chi connectivity index (χ2n) is 11.5. The predicted molar refractivity (Wildman–Crippen MR) is 187 cm³/mol. The molecule has 0 N–H and O–H groups in total. The highest BCUT2D eigenvalue weighted by atomic mass is 28.1. The van der Waals surface area contributed by atoms with Crippen molar-refractivity contribution in [3.05, 3.63) is 132 Å². The van der Waals surface area contributed by atoms with E-state index in [1.807, 2.05) is 36.4 Å². The molecule has 4 aromatic rings. The summed E-state index contributed by atoms with van der Waals surface area (Å²) in [6, 6.07) is 40.6. The Labute approximate surface area is 263 Å². The van der Waals surface area contributed by atoms with Gasteiger partial charge in [0, 0.05) is 11.0 Å². The summed E-state index contributed by atoms with van der Waals surface area (Å²) in [4.78, 5) is 0. The van der Waals surface area contributed by atoms with Crippen molar-refractivity contribution in [3.63, 3.8) is 0 Å². The molecule has 4 radical (unpaired) electrons. The van der Waals surface area contributed by atoms with Crippen molar-refractivity contribution in [2.45, 2.75) is 110 Å². The van der Waals surface area contributed by atoms with Gasteiger partial charge in [0.2, 0.25) is 0 Å². The second kappa shape index (κ2) is 22.7. The Morgan fingerprint density at radius 3 is 1.24 bits per heavy atom. The number of hydrogen-bond donors (Lipinski definition) is 0. The zero-order valence-electron chi connectivity index (χ0n) is 26.4. The Morgan fingerprint density at radius 2 is 0.786 bits per heavy atom. The SMILES string of the molecule is CCCCCCCCC(CCCCCCC)c1ccccc1.[Si].c1ccc2c(c1)Cc1ccccc1-2.c1ccccc1. The number of fused-ring (bicyclic) bond motifs is 3. The molecule has 0 spiro atoms. The first-order valence-electron chi connectivity index (χ1n) is 16.5. The second-order valence-corrected chi connectivity index (χ2v) is 11.5. The van der Waals surface area contributed by atoms with Gasteiger partial charge >= 0.3 is 0 Å². The van der Waals surface area contributed by atoms with Gasteiger partial charge < -0.3 is 0 Å². The zero-order chi connectivity index (χ0) is 28.8. The average molecular weight is 575 g/mol. The molecule has 222 valence electrons. The van der Waals surface area contributed by atoms with Crippen LogP contribution in [0.1, 0.15) is 120 Å². The van der Waals surface area contributed by atoms with Crippen LogP contribution < -0.4 is 0 Å². The lowest BCUT2D eigenvalue weighted by molar-refractivity contribution is 0.488. The van der Waals surface area contributed by atoms with Crippen molar-refractivity contribution in [1.29, 1.82) is 0 Å². The minimum absolute atomic E-state index is 0. The molecule has 0 aromatic heterocycles. The highest BCUT2D eigenvalue weighted by Gasteiger charge is 2.16. The fourth-order valence-electron chi connectivity index (χ4n) is 5.83. The summed E-state index contributed by atoms with van der Waals surface area (Å²) in [5.41, 5.74) is 7.33. The van der Waals surface area contributed by atoms with Crippen LogP contribution >= 0.6 is 0 Å². The molecule has 1 unspecified atom stereocenters. The van der Waals surface area contributed by atoms with Crippen LogP contribution in [0.25, 0.3) is 11.1 Å². The number of hydrogen-bond acceptors (Lipinski definition) is 0. The third-order valence-corrected chi connectivity index (χ3v) is 8.21. The number of rotatable bonds is 14. The Balaban J connectivity index is 0.000000256. The molecular weight excluding hydrogens is 521 g/mol. The highest BCUT2D eigenvalue weighted by Crippen LogP contribution is 2.35. The predicted octanol–water partition coefficient (Wildman–Crippen LogP) is 12.4. The standard InChI is InChI=1S/C22H38.C13H10.C6H6.Si/c1-3-5-7-9-11-14-18-21(17-13-10-8-6-4-2)22-19-15-12-16-20-22;1-3-7-12-10(5-1)9-11-6-2-4-8-13(11)12;1-2-4-6-5-3-1;/h12,15-16,19-21H,3-11,13-14,17-18H2,1-2H3;1-8H,9H2;1-6H;. The summed E-state index contributed by atoms with van der Waals surface area (Å²) in [6.45, 7) is 4.59. The van der Waals surface area contributed by atoms with Gasteiger partial charge in [0.05, 0.1) is 0 Å². The van der Waals surface area contributed by atoms with E-state index in [1.54, 1.807) is 5.56 Å². The smallest absolute Gasteiger partial charge is 0 e. The van der Waals surface area contributed by atoms with Crippen LogP contribution in [0.3, 0.4) is 0 Å². The molecule has 1 aliphatic rings. The fourth-order valence-corrected chi connectivity index (χ4v) is 5.83. The topological polar surface area (TPSA) is 0 Å². The minimum Gasteiger partial charge on any atom is -0.0654 e. The molecule has 0 saturated heterocycles. The van der Waals surface area contributed by atoms with Gasteiger partial charge in [-0.25, -0.2) is 0 Å². The molecule has 0 amide bonds. The van der Waals surface area contributed by atoms with Crippen molar-refractivity contribution < 1.29 is 0 Å². The largest absolute Gasteiger partial charge is 0.0654 e. The third-order valence-electron chi connectivity index (χ3n) is 8.21. The van der Waals surface area contributed by atoms with Crippen LogP contribution in [0.5, 0.6) is 0 Å². The summed E-state index contributed by atoms with van der Waals surface area (Å²) >= 11 is 0. The third kappa shape index (κ3) is 13.4. The van der Waals surface area contributed by atoms with E-state index in [2.05, 4.69) is 92.7 Å². The molecule has 5 rings (SSSR count). The quantitative estimate of drug-likeness (QED) is 0.0914. The maximum absolute atomic E-state index is 2.34. The zero-order valence-corrected chi connectivity index (χ0v) is 27.4. The van der Waals surface area contributed by atoms with Crippen molar-refractivity contribution in [3.8, 4) is 11.1 Å². The van der Waals surface area contributed by atoms with Crippen LogP contribution in [-0.4, -0.2) is 11.0 Å². The normalized spacial score (nSPS) is 11.5. The van der Waals surface area contributed by atoms with Crippen molar-refractivity contribution in [2.24, 2.45) is 0 Å². The first-order valence-corrected chi connectivity index (χ1v) is 16.5. The van der Waals surface area contributed by atoms with Crippen LogP contribution in [0.4, 0.5) is 0 Å². The molecule has 0 aliphatic heterocycles. The van der Waals surface area contributed by atoms with Crippen LogP contribution in [-0.2, 0) is 6.42 Å². The Bertz CT molecular complexity index is 1100. The van der Waals surface area contributed by atoms with Crippen LogP contribution in [0, 0.1) is 0 Å². The van der Waals surface area contributed by atoms with Crippen LogP contribution in [0.2, 0.25) is 0 Å². The van der Waals surface area contributed by atoms with Gasteiger partial charge in [-0.05, 0) is 53.0 Å². The van der Waals surface area contributed by atoms with E-state index in [1.165, 1.54) is 106 Å². The van der Waals surface area contributed by atoms with Crippen molar-refractivity contribution >= 4 is 11.0 Å². The highest BCUT2D eigenvalue weighted by molar-refractivity contribution is 5.76. The number of unbranched alkanes of at least 4 members (excludes halogenated alkanes) is 9. The summed E-state index contributed by atoms with van der Waals surface area (Å²) in [6.07, 6.45) is 19.4. The number of benzene rings is 4. The minimum atomic E-state index is 0. The lowest BCUT2D eigenvalue weighted by Gasteiger charge is -2.17. The van der Waals surface area contributed by atoms with Crippen molar-refractivity contribution in [2.75, 3.05) is 0 Å². The maximum Gasteiger partial charge on any atom is 0 e. The van der Waals surface area contributed by atoms with Gasteiger partial charge in [0.1, 0.15) is 0 Å². The Kier molecular flexibility index (Phi) is 19.0. The Morgan fingerprint density at radius 1 is 0.429 bits per heavy atom. The Hall–Kier alpha value is -2.90. The molecule has 0 nitrogen and oxygen atoms in total. The van der Waals surface area contributed by atoms with E-state index in [0.29, 0.717) is 0 Å². The van der Waals surface area contributed by atoms with Gasteiger partial charge in [0.25, 0.3) is 0 Å². The van der Waals surface area contributed by atoms with Gasteiger partial charge in [-0.2, -0.15) is 0 Å². The van der Waals surface area contributed by atoms with Crippen LogP contribution in [0.15, 0.2) is 115 Å². The van der Waals surface area contributed by atoms with Crippen molar-refractivity contribution in [1.82, 2.24) is 0 Å². The van der Waals surface area contributed by atoms with Gasteiger partial charge in [-0.15, -0.1) is 0 Å². The maximum atomic E-state index is 2.34. The molecule has 0 saturated carbocycles. The fraction of sp³-hybridized carbons (Fsp3) is 0.415. The molecule has 1 heteroatoms. The van der Waals surface area contributed by atoms with Gasteiger partial charge in [-0.1, -0.05) is 200 Å². The first-order chi connectivity index (χ1) is 20.3. The molecular formula is C41H54Si. The summed E-state index contributed by atoms with van der Waals surface area (Å²) in [5, 5.41) is 0.